The van der Waals surface area contributed by atoms with Gasteiger partial charge in [0.05, 0.1) is 5.56 Å². The summed E-state index contributed by atoms with van der Waals surface area (Å²) >= 11 is 0. The maximum Gasteiger partial charge on any atom is 0.407 e. The number of cyclic esters (lactones) is 1. The molecule has 5 heteroatoms. The number of rotatable bonds is 4. The summed E-state index contributed by atoms with van der Waals surface area (Å²) in [6, 6.07) is 21.9. The standard InChI is InChI=1S/C27H21NO4/c29-26-20-13-12-18(15-19(20)16-31-26)7-5-6-14-28-27(30)32-17-25-23-10-3-1-8-21(23)22-9-2-4-11-24(22)25/h1-4,8-13,15,25H,6,14,16-17H2,(H,28,30). The number of carbonyl (C=O) groups excluding carboxylic acids is 2. The van der Waals surface area contributed by atoms with E-state index in [0.717, 1.165) is 11.1 Å². The van der Waals surface area contributed by atoms with Crippen LogP contribution < -0.4 is 5.32 Å². The summed E-state index contributed by atoms with van der Waals surface area (Å²) in [4.78, 5) is 23.7. The van der Waals surface area contributed by atoms with Crippen LogP contribution in [0, 0.1) is 11.8 Å². The van der Waals surface area contributed by atoms with Crippen LogP contribution in [0.25, 0.3) is 11.1 Å². The average molecular weight is 423 g/mol. The van der Waals surface area contributed by atoms with Gasteiger partial charge in [0.2, 0.25) is 0 Å². The van der Waals surface area contributed by atoms with Crippen molar-refractivity contribution in [3.63, 3.8) is 0 Å². The number of benzene rings is 3. The van der Waals surface area contributed by atoms with Gasteiger partial charge in [0.15, 0.2) is 0 Å². The van der Waals surface area contributed by atoms with Crippen molar-refractivity contribution in [3.05, 3.63) is 94.5 Å². The molecule has 0 bridgehead atoms. The van der Waals surface area contributed by atoms with E-state index in [4.69, 9.17) is 9.47 Å². The summed E-state index contributed by atoms with van der Waals surface area (Å²) in [5, 5.41) is 2.76. The number of ether oxygens (including phenoxy) is 2. The van der Waals surface area contributed by atoms with E-state index in [2.05, 4.69) is 41.4 Å². The molecule has 1 N–H and O–H groups in total. The summed E-state index contributed by atoms with van der Waals surface area (Å²) in [6.45, 7) is 0.991. The van der Waals surface area contributed by atoms with Gasteiger partial charge in [0.1, 0.15) is 13.2 Å². The smallest absolute Gasteiger partial charge is 0.407 e. The molecule has 0 saturated heterocycles. The molecular formula is C27H21NO4. The van der Waals surface area contributed by atoms with Crippen LogP contribution in [0.2, 0.25) is 0 Å². The summed E-state index contributed by atoms with van der Waals surface area (Å²) < 4.78 is 10.5. The first-order chi connectivity index (χ1) is 15.7. The Morgan fingerprint density at radius 1 is 1.00 bits per heavy atom. The molecule has 1 heterocycles. The minimum Gasteiger partial charge on any atom is -0.457 e. The van der Waals surface area contributed by atoms with Crippen molar-refractivity contribution in [2.45, 2.75) is 18.9 Å². The number of hydrogen-bond donors (Lipinski definition) is 1. The third-order valence-corrected chi connectivity index (χ3v) is 5.78. The van der Waals surface area contributed by atoms with Gasteiger partial charge in [-0.3, -0.25) is 0 Å². The molecule has 0 saturated carbocycles. The molecule has 0 fully saturated rings. The van der Waals surface area contributed by atoms with E-state index >= 15 is 0 Å². The van der Waals surface area contributed by atoms with Crippen molar-refractivity contribution in [2.75, 3.05) is 13.2 Å². The molecule has 1 amide bonds. The van der Waals surface area contributed by atoms with Gasteiger partial charge >= 0.3 is 12.1 Å². The van der Waals surface area contributed by atoms with Gasteiger partial charge in [-0.15, -0.1) is 0 Å². The van der Waals surface area contributed by atoms with E-state index in [-0.39, 0.29) is 11.9 Å². The maximum atomic E-state index is 12.2. The van der Waals surface area contributed by atoms with Crippen molar-refractivity contribution in [3.8, 4) is 23.0 Å². The lowest BCUT2D eigenvalue weighted by atomic mass is 9.98. The number of hydrogen-bond acceptors (Lipinski definition) is 4. The SMILES string of the molecule is O=C(NCCC#Cc1ccc2c(c1)COC2=O)OCC1c2ccccc2-c2ccccc21. The van der Waals surface area contributed by atoms with Gasteiger partial charge in [0, 0.05) is 30.0 Å². The number of carbonyl (C=O) groups is 2. The lowest BCUT2D eigenvalue weighted by Gasteiger charge is -2.14. The van der Waals surface area contributed by atoms with Crippen LogP contribution in [0.4, 0.5) is 4.79 Å². The second-order valence-corrected chi connectivity index (χ2v) is 7.75. The first kappa shape index (κ1) is 19.9. The van der Waals surface area contributed by atoms with Crippen molar-refractivity contribution in [1.82, 2.24) is 5.32 Å². The highest BCUT2D eigenvalue weighted by Gasteiger charge is 2.28. The topological polar surface area (TPSA) is 64.6 Å². The Kier molecular flexibility index (Phi) is 5.35. The van der Waals surface area contributed by atoms with E-state index < -0.39 is 6.09 Å². The first-order valence-electron chi connectivity index (χ1n) is 10.6. The molecule has 2 aliphatic rings. The van der Waals surface area contributed by atoms with Gasteiger partial charge in [-0.1, -0.05) is 60.4 Å². The summed E-state index contributed by atoms with van der Waals surface area (Å²) in [7, 11) is 0. The highest BCUT2D eigenvalue weighted by Crippen LogP contribution is 2.44. The van der Waals surface area contributed by atoms with Crippen molar-refractivity contribution >= 4 is 12.1 Å². The fourth-order valence-electron chi connectivity index (χ4n) is 4.25. The molecule has 0 atom stereocenters. The van der Waals surface area contributed by atoms with Gasteiger partial charge in [-0.25, -0.2) is 9.59 Å². The van der Waals surface area contributed by atoms with Gasteiger partial charge in [-0.05, 0) is 40.5 Å². The Bertz CT molecular complexity index is 1220. The molecular weight excluding hydrogens is 402 g/mol. The summed E-state index contributed by atoms with van der Waals surface area (Å²) in [6.07, 6.45) is 0.0540. The van der Waals surface area contributed by atoms with Crippen molar-refractivity contribution in [2.24, 2.45) is 0 Å². The van der Waals surface area contributed by atoms with E-state index in [9.17, 15) is 9.59 Å². The van der Waals surface area contributed by atoms with Crippen molar-refractivity contribution < 1.29 is 19.1 Å². The lowest BCUT2D eigenvalue weighted by Crippen LogP contribution is -2.26. The number of esters is 1. The predicted molar refractivity (Wildman–Crippen MR) is 120 cm³/mol. The Labute approximate surface area is 186 Å². The third kappa shape index (κ3) is 3.83. The Balaban J connectivity index is 1.12. The summed E-state index contributed by atoms with van der Waals surface area (Å²) in [5.41, 5.74) is 7.07. The van der Waals surface area contributed by atoms with Crippen molar-refractivity contribution in [1.29, 1.82) is 0 Å². The zero-order valence-electron chi connectivity index (χ0n) is 17.4. The fraction of sp³-hybridized carbons (Fsp3) is 0.185. The molecule has 158 valence electrons. The molecule has 1 aliphatic heterocycles. The monoisotopic (exact) mass is 423 g/mol. The van der Waals surface area contributed by atoms with Crippen LogP contribution in [0.15, 0.2) is 66.7 Å². The van der Waals surface area contributed by atoms with E-state index in [0.29, 0.717) is 31.7 Å². The molecule has 3 aromatic carbocycles. The average Bonchev–Trinajstić information content (AvgIpc) is 3.35. The minimum absolute atomic E-state index is 0.0450. The normalized spacial score (nSPS) is 13.3. The van der Waals surface area contributed by atoms with E-state index in [1.165, 1.54) is 22.3 Å². The van der Waals surface area contributed by atoms with Crippen LogP contribution in [0.5, 0.6) is 0 Å². The van der Waals surface area contributed by atoms with Gasteiger partial charge in [0.25, 0.3) is 0 Å². The second-order valence-electron chi connectivity index (χ2n) is 7.75. The molecule has 3 aromatic rings. The quantitative estimate of drug-likeness (QED) is 0.377. The number of nitrogens with one attached hydrogen (secondary N) is 1. The van der Waals surface area contributed by atoms with Gasteiger partial charge < -0.3 is 14.8 Å². The van der Waals surface area contributed by atoms with E-state index in [1.807, 2.05) is 30.3 Å². The molecule has 0 aromatic heterocycles. The molecule has 5 rings (SSSR count). The molecule has 0 spiro atoms. The Morgan fingerprint density at radius 2 is 1.72 bits per heavy atom. The minimum atomic E-state index is -0.443. The molecule has 5 nitrogen and oxygen atoms in total. The highest BCUT2D eigenvalue weighted by molar-refractivity contribution is 5.93. The van der Waals surface area contributed by atoms with E-state index in [1.54, 1.807) is 12.1 Å². The predicted octanol–water partition coefficient (Wildman–Crippen LogP) is 4.64. The highest BCUT2D eigenvalue weighted by atomic mass is 16.5. The fourth-order valence-corrected chi connectivity index (χ4v) is 4.25. The maximum absolute atomic E-state index is 12.2. The number of alkyl carbamates (subject to hydrolysis) is 1. The van der Waals surface area contributed by atoms with Crippen LogP contribution in [0.1, 0.15) is 45.0 Å². The zero-order valence-corrected chi connectivity index (χ0v) is 17.4. The van der Waals surface area contributed by atoms with Crippen LogP contribution >= 0.6 is 0 Å². The van der Waals surface area contributed by atoms with Crippen LogP contribution in [0.3, 0.4) is 0 Å². The summed E-state index contributed by atoms with van der Waals surface area (Å²) in [5.74, 6) is 5.85. The largest absolute Gasteiger partial charge is 0.457 e. The third-order valence-electron chi connectivity index (χ3n) is 5.78. The number of amides is 1. The number of fused-ring (bicyclic) bond motifs is 4. The zero-order chi connectivity index (χ0) is 21.9. The second kappa shape index (κ2) is 8.60. The van der Waals surface area contributed by atoms with Crippen LogP contribution in [-0.4, -0.2) is 25.2 Å². The van der Waals surface area contributed by atoms with Gasteiger partial charge in [-0.2, -0.15) is 0 Å². The first-order valence-corrected chi connectivity index (χ1v) is 10.6. The molecule has 1 aliphatic carbocycles. The Morgan fingerprint density at radius 3 is 2.47 bits per heavy atom. The Hall–Kier alpha value is -4.04. The molecule has 0 unspecified atom stereocenters. The van der Waals surface area contributed by atoms with Crippen LogP contribution in [-0.2, 0) is 16.1 Å². The molecule has 0 radical (unpaired) electrons. The molecule has 32 heavy (non-hydrogen) atoms. The lowest BCUT2D eigenvalue weighted by molar-refractivity contribution is 0.0535.